The van der Waals surface area contributed by atoms with Crippen LogP contribution in [-0.4, -0.2) is 43.3 Å². The minimum Gasteiger partial charge on any atom is -0.338 e. The molecule has 122 valence electrons. The number of sulfone groups is 1. The van der Waals surface area contributed by atoms with E-state index in [1.54, 1.807) is 11.0 Å². The fraction of sp³-hybridized carbons (Fsp3) is 0.533. The van der Waals surface area contributed by atoms with Crippen LogP contribution >= 0.6 is 11.6 Å². The zero-order valence-electron chi connectivity index (χ0n) is 12.6. The third-order valence-corrected chi connectivity index (χ3v) is 5.99. The highest BCUT2D eigenvalue weighted by Crippen LogP contribution is 2.27. The molecule has 0 saturated carbocycles. The first-order valence-corrected chi connectivity index (χ1v) is 9.47. The maximum absolute atomic E-state index is 13.9. The third kappa shape index (κ3) is 3.60. The number of rotatable bonds is 4. The van der Waals surface area contributed by atoms with Crippen molar-refractivity contribution < 1.29 is 17.6 Å². The van der Waals surface area contributed by atoms with Crippen LogP contribution < -0.4 is 0 Å². The highest BCUT2D eigenvalue weighted by molar-refractivity contribution is 7.92. The van der Waals surface area contributed by atoms with Crippen LogP contribution in [0.25, 0.3) is 0 Å². The van der Waals surface area contributed by atoms with E-state index in [4.69, 9.17) is 11.6 Å². The first kappa shape index (κ1) is 17.2. The van der Waals surface area contributed by atoms with Gasteiger partial charge in [0.15, 0.2) is 9.84 Å². The zero-order chi connectivity index (χ0) is 16.5. The van der Waals surface area contributed by atoms with Crippen LogP contribution in [0.15, 0.2) is 18.2 Å². The molecule has 22 heavy (non-hydrogen) atoms. The summed E-state index contributed by atoms with van der Waals surface area (Å²) < 4.78 is 37.0. The standard InChI is InChI=1S/C15H19ClFNO3S/c1-10(22(2,20)21)15(19)18-8-4-5-11(18)9-12-13(16)6-3-7-14(12)17/h3,6-7,10-11H,4-5,8-9H2,1-2H3. The summed E-state index contributed by atoms with van der Waals surface area (Å²) in [4.78, 5) is 13.9. The average molecular weight is 348 g/mol. The number of likely N-dealkylation sites (tertiary alicyclic amines) is 1. The molecule has 1 heterocycles. The number of halogens is 2. The lowest BCUT2D eigenvalue weighted by molar-refractivity contribution is -0.131. The highest BCUT2D eigenvalue weighted by Gasteiger charge is 2.35. The molecule has 1 aliphatic rings. The van der Waals surface area contributed by atoms with Crippen LogP contribution in [0.1, 0.15) is 25.3 Å². The van der Waals surface area contributed by atoms with E-state index >= 15 is 0 Å². The predicted octanol–water partition coefficient (Wildman–Crippen LogP) is 2.45. The largest absolute Gasteiger partial charge is 0.338 e. The topological polar surface area (TPSA) is 54.5 Å². The Morgan fingerprint density at radius 3 is 2.77 bits per heavy atom. The van der Waals surface area contributed by atoms with Crippen molar-refractivity contribution in [2.45, 2.75) is 37.5 Å². The number of nitrogens with zero attached hydrogens (tertiary/aromatic N) is 1. The van der Waals surface area contributed by atoms with Gasteiger partial charge >= 0.3 is 0 Å². The minimum absolute atomic E-state index is 0.217. The Hall–Kier alpha value is -1.14. The molecule has 0 aliphatic carbocycles. The van der Waals surface area contributed by atoms with Gasteiger partial charge in [0.05, 0.1) is 0 Å². The lowest BCUT2D eigenvalue weighted by Crippen LogP contribution is -2.44. The van der Waals surface area contributed by atoms with Gasteiger partial charge in [-0.2, -0.15) is 0 Å². The van der Waals surface area contributed by atoms with Crippen LogP contribution in [0.3, 0.4) is 0 Å². The summed E-state index contributed by atoms with van der Waals surface area (Å²) in [6.45, 7) is 1.89. The second-order valence-corrected chi connectivity index (χ2v) is 8.48. The Kier molecular flexibility index (Phi) is 5.12. The number of carbonyl (C=O) groups excluding carboxylic acids is 1. The highest BCUT2D eigenvalue weighted by atomic mass is 35.5. The fourth-order valence-electron chi connectivity index (χ4n) is 2.72. The number of hydrogen-bond acceptors (Lipinski definition) is 3. The molecule has 0 N–H and O–H groups in total. The van der Waals surface area contributed by atoms with Crippen molar-refractivity contribution in [3.05, 3.63) is 34.6 Å². The van der Waals surface area contributed by atoms with Gasteiger partial charge in [-0.3, -0.25) is 4.79 Å². The van der Waals surface area contributed by atoms with Gasteiger partial charge in [-0.05, 0) is 38.3 Å². The van der Waals surface area contributed by atoms with E-state index in [1.165, 1.54) is 19.1 Å². The molecule has 4 nitrogen and oxygen atoms in total. The average Bonchev–Trinajstić information content (AvgIpc) is 2.88. The summed E-state index contributed by atoms with van der Waals surface area (Å²) in [5, 5.41) is -0.750. The zero-order valence-corrected chi connectivity index (χ0v) is 14.1. The second kappa shape index (κ2) is 6.54. The van der Waals surface area contributed by atoms with Crippen molar-refractivity contribution >= 4 is 27.3 Å². The molecule has 1 aliphatic heterocycles. The van der Waals surface area contributed by atoms with Crippen LogP contribution in [0.2, 0.25) is 5.02 Å². The maximum atomic E-state index is 13.9. The fourth-order valence-corrected chi connectivity index (χ4v) is 3.46. The normalized spacial score (nSPS) is 20.2. The summed E-state index contributed by atoms with van der Waals surface area (Å²) in [5.74, 6) is -0.819. The lowest BCUT2D eigenvalue weighted by Gasteiger charge is -2.27. The Balaban J connectivity index is 2.20. The predicted molar refractivity (Wildman–Crippen MR) is 84.2 cm³/mol. The van der Waals surface area contributed by atoms with Gasteiger partial charge in [-0.1, -0.05) is 17.7 Å². The quantitative estimate of drug-likeness (QED) is 0.840. The SMILES string of the molecule is CC(C(=O)N1CCCC1Cc1c(F)cccc1Cl)S(C)(=O)=O. The van der Waals surface area contributed by atoms with E-state index in [2.05, 4.69) is 0 Å². The monoisotopic (exact) mass is 347 g/mol. The second-order valence-electron chi connectivity index (χ2n) is 5.70. The van der Waals surface area contributed by atoms with Crippen molar-refractivity contribution in [2.75, 3.05) is 12.8 Å². The molecule has 2 atom stereocenters. The summed E-state index contributed by atoms with van der Waals surface area (Å²) >= 11 is 6.03. The Morgan fingerprint density at radius 1 is 1.50 bits per heavy atom. The van der Waals surface area contributed by atoms with Crippen molar-refractivity contribution in [2.24, 2.45) is 0 Å². The molecule has 2 unspecified atom stereocenters. The van der Waals surface area contributed by atoms with Crippen molar-refractivity contribution in [1.82, 2.24) is 4.90 Å². The van der Waals surface area contributed by atoms with E-state index in [9.17, 15) is 17.6 Å². The molecule has 0 aromatic heterocycles. The van der Waals surface area contributed by atoms with Crippen LogP contribution in [-0.2, 0) is 21.1 Å². The molecule has 0 radical (unpaired) electrons. The Labute approximate surface area is 135 Å². The van der Waals surface area contributed by atoms with Crippen molar-refractivity contribution in [1.29, 1.82) is 0 Å². The van der Waals surface area contributed by atoms with Gasteiger partial charge in [0.25, 0.3) is 0 Å². The van der Waals surface area contributed by atoms with Crippen LogP contribution in [0, 0.1) is 5.82 Å². The summed E-state index contributed by atoms with van der Waals surface area (Å²) in [6, 6.07) is 4.26. The molecule has 1 saturated heterocycles. The van der Waals surface area contributed by atoms with Gasteiger partial charge in [-0.25, -0.2) is 12.8 Å². The lowest BCUT2D eigenvalue weighted by atomic mass is 10.0. The van der Waals surface area contributed by atoms with E-state index in [1.807, 2.05) is 0 Å². The first-order valence-electron chi connectivity index (χ1n) is 7.14. The third-order valence-electron chi connectivity index (χ3n) is 4.15. The molecule has 1 amide bonds. The molecular weight excluding hydrogens is 329 g/mol. The van der Waals surface area contributed by atoms with Gasteiger partial charge in [-0.15, -0.1) is 0 Å². The maximum Gasteiger partial charge on any atom is 0.240 e. The Morgan fingerprint density at radius 2 is 2.18 bits per heavy atom. The summed E-state index contributed by atoms with van der Waals surface area (Å²) in [6.07, 6.45) is 2.84. The van der Waals surface area contributed by atoms with E-state index in [0.717, 1.165) is 12.7 Å². The van der Waals surface area contributed by atoms with Gasteiger partial charge in [0.1, 0.15) is 11.1 Å². The van der Waals surface area contributed by atoms with E-state index in [0.29, 0.717) is 30.0 Å². The van der Waals surface area contributed by atoms with Crippen LogP contribution in [0.4, 0.5) is 4.39 Å². The minimum atomic E-state index is -3.44. The van der Waals surface area contributed by atoms with Crippen molar-refractivity contribution in [3.63, 3.8) is 0 Å². The molecule has 2 rings (SSSR count). The molecular formula is C15H19ClFNO3S. The number of benzene rings is 1. The summed E-state index contributed by atoms with van der Waals surface area (Å²) in [5.41, 5.74) is 0.376. The molecule has 7 heteroatoms. The number of hydrogen-bond donors (Lipinski definition) is 0. The van der Waals surface area contributed by atoms with Crippen LogP contribution in [0.5, 0.6) is 0 Å². The van der Waals surface area contributed by atoms with E-state index in [-0.39, 0.29) is 6.04 Å². The molecule has 0 bridgehead atoms. The van der Waals surface area contributed by atoms with Crippen molar-refractivity contribution in [3.8, 4) is 0 Å². The molecule has 1 fully saturated rings. The molecule has 1 aromatic rings. The Bertz CT molecular complexity index is 657. The van der Waals surface area contributed by atoms with E-state index < -0.39 is 26.8 Å². The number of carbonyl (C=O) groups is 1. The molecule has 0 spiro atoms. The molecule has 1 aromatic carbocycles. The first-order chi connectivity index (χ1) is 10.2. The van der Waals surface area contributed by atoms with Gasteiger partial charge < -0.3 is 4.90 Å². The smallest absolute Gasteiger partial charge is 0.240 e. The summed E-state index contributed by atoms with van der Waals surface area (Å²) in [7, 11) is -3.44. The van der Waals surface area contributed by atoms with Gasteiger partial charge in [0.2, 0.25) is 5.91 Å². The number of amides is 1. The van der Waals surface area contributed by atoms with Gasteiger partial charge in [0, 0.05) is 29.4 Å².